The zero-order chi connectivity index (χ0) is 22.9. The Hall–Kier alpha value is -2.57. The molecule has 0 saturated carbocycles. The van der Waals surface area contributed by atoms with Gasteiger partial charge < -0.3 is 15.4 Å². The summed E-state index contributed by atoms with van der Waals surface area (Å²) in [6, 6.07) is 5.81. The molecule has 0 spiro atoms. The van der Waals surface area contributed by atoms with Crippen molar-refractivity contribution in [1.82, 2.24) is 9.80 Å². The summed E-state index contributed by atoms with van der Waals surface area (Å²) in [4.78, 5) is 34.0. The molecule has 3 aliphatic heterocycles. The number of aryl methyl sites for hydroxylation is 1. The van der Waals surface area contributed by atoms with Crippen molar-refractivity contribution in [2.45, 2.75) is 64.8 Å². The van der Waals surface area contributed by atoms with Crippen molar-refractivity contribution < 1.29 is 14.3 Å². The van der Waals surface area contributed by atoms with Crippen LogP contribution in [-0.2, 0) is 11.2 Å². The standard InChI is InChI=1S/C25H36N4O3/c1-17(2)16-25(3)23(31)29(24(26)27-25)13-10-18-8-11-28(12-9-18)22(30)20-6-7-21-19(15-20)5-4-14-32-21/h6-7,15,17-18H,4-5,8-14,16H2,1-3H3,(H2,26,27). The fourth-order valence-electron chi connectivity index (χ4n) is 5.31. The second kappa shape index (κ2) is 9.12. The first-order chi connectivity index (χ1) is 15.3. The van der Waals surface area contributed by atoms with Gasteiger partial charge in [0.05, 0.1) is 6.61 Å². The summed E-state index contributed by atoms with van der Waals surface area (Å²) in [6.07, 6.45) is 5.46. The lowest BCUT2D eigenvalue weighted by atomic mass is 9.90. The van der Waals surface area contributed by atoms with E-state index < -0.39 is 5.54 Å². The summed E-state index contributed by atoms with van der Waals surface area (Å²) in [5.41, 5.74) is 7.26. The fraction of sp³-hybridized carbons (Fsp3) is 0.640. The highest BCUT2D eigenvalue weighted by molar-refractivity contribution is 6.06. The van der Waals surface area contributed by atoms with E-state index in [0.29, 0.717) is 30.8 Å². The third-order valence-corrected chi connectivity index (χ3v) is 6.97. The molecule has 1 aromatic rings. The third-order valence-electron chi connectivity index (χ3n) is 6.97. The van der Waals surface area contributed by atoms with Crippen LogP contribution in [0.2, 0.25) is 0 Å². The number of piperidine rings is 1. The number of hydrogen-bond donors (Lipinski definition) is 1. The molecule has 1 saturated heterocycles. The van der Waals surface area contributed by atoms with E-state index in [1.54, 1.807) is 4.90 Å². The van der Waals surface area contributed by atoms with Crippen molar-refractivity contribution in [3.05, 3.63) is 29.3 Å². The van der Waals surface area contributed by atoms with Gasteiger partial charge in [-0.05, 0) is 81.0 Å². The van der Waals surface area contributed by atoms with Crippen LogP contribution < -0.4 is 10.5 Å². The van der Waals surface area contributed by atoms with Crippen LogP contribution in [0.4, 0.5) is 0 Å². The van der Waals surface area contributed by atoms with Gasteiger partial charge >= 0.3 is 0 Å². The van der Waals surface area contributed by atoms with Crippen molar-refractivity contribution in [3.8, 4) is 5.75 Å². The van der Waals surface area contributed by atoms with Gasteiger partial charge in [-0.25, -0.2) is 4.99 Å². The molecule has 0 radical (unpaired) electrons. The average Bonchev–Trinajstić information content (AvgIpc) is 2.98. The highest BCUT2D eigenvalue weighted by Crippen LogP contribution is 2.30. The maximum atomic E-state index is 13.0. The molecule has 0 bridgehead atoms. The molecule has 1 aromatic carbocycles. The number of aliphatic imine (C=N–C) groups is 1. The van der Waals surface area contributed by atoms with Crippen LogP contribution in [0.3, 0.4) is 0 Å². The van der Waals surface area contributed by atoms with E-state index in [9.17, 15) is 9.59 Å². The molecule has 1 atom stereocenters. The van der Waals surface area contributed by atoms with Crippen LogP contribution in [0.1, 0.15) is 68.8 Å². The van der Waals surface area contributed by atoms with Gasteiger partial charge in [-0.15, -0.1) is 0 Å². The first kappa shape index (κ1) is 22.6. The highest BCUT2D eigenvalue weighted by Gasteiger charge is 2.44. The Morgan fingerprint density at radius 2 is 2.06 bits per heavy atom. The zero-order valence-corrected chi connectivity index (χ0v) is 19.6. The number of nitrogens with two attached hydrogens (primary N) is 1. The number of guanidine groups is 1. The van der Waals surface area contributed by atoms with Gasteiger partial charge in [-0.1, -0.05) is 13.8 Å². The third kappa shape index (κ3) is 4.62. The Labute approximate surface area is 191 Å². The molecule has 0 aliphatic carbocycles. The molecular weight excluding hydrogens is 404 g/mol. The van der Waals surface area contributed by atoms with Crippen molar-refractivity contribution in [2.75, 3.05) is 26.2 Å². The molecule has 2 amide bonds. The van der Waals surface area contributed by atoms with Gasteiger partial charge in [0.1, 0.15) is 11.3 Å². The SMILES string of the molecule is CC(C)CC1(C)N=C(N)N(CCC2CCN(C(=O)c3ccc4c(c3)CCCO4)CC2)C1=O. The number of fused-ring (bicyclic) bond motifs is 1. The first-order valence-electron chi connectivity index (χ1n) is 12.0. The molecule has 174 valence electrons. The summed E-state index contributed by atoms with van der Waals surface area (Å²) >= 11 is 0. The minimum absolute atomic E-state index is 0.0210. The summed E-state index contributed by atoms with van der Waals surface area (Å²) in [7, 11) is 0. The lowest BCUT2D eigenvalue weighted by Crippen LogP contribution is -2.45. The number of carbonyl (C=O) groups excluding carboxylic acids is 2. The number of rotatable bonds is 6. The smallest absolute Gasteiger partial charge is 0.257 e. The Morgan fingerprint density at radius 1 is 1.31 bits per heavy atom. The Kier molecular flexibility index (Phi) is 6.45. The number of ether oxygens (including phenoxy) is 1. The molecule has 7 nitrogen and oxygen atoms in total. The summed E-state index contributed by atoms with van der Waals surface area (Å²) in [5, 5.41) is 0. The molecule has 1 unspecified atom stereocenters. The van der Waals surface area contributed by atoms with Crippen molar-refractivity contribution in [1.29, 1.82) is 0 Å². The summed E-state index contributed by atoms with van der Waals surface area (Å²) < 4.78 is 5.66. The Morgan fingerprint density at radius 3 is 2.78 bits per heavy atom. The maximum absolute atomic E-state index is 13.0. The van der Waals surface area contributed by atoms with E-state index in [2.05, 4.69) is 18.8 Å². The minimum Gasteiger partial charge on any atom is -0.493 e. The largest absolute Gasteiger partial charge is 0.493 e. The van der Waals surface area contributed by atoms with E-state index in [0.717, 1.165) is 68.7 Å². The second-order valence-electron chi connectivity index (χ2n) is 10.1. The Bertz CT molecular complexity index is 904. The zero-order valence-electron chi connectivity index (χ0n) is 19.6. The van der Waals surface area contributed by atoms with E-state index in [-0.39, 0.29) is 11.8 Å². The Balaban J connectivity index is 1.28. The average molecular weight is 441 g/mol. The quantitative estimate of drug-likeness (QED) is 0.736. The predicted molar refractivity (Wildman–Crippen MR) is 125 cm³/mol. The van der Waals surface area contributed by atoms with Crippen LogP contribution in [0.5, 0.6) is 5.75 Å². The number of likely N-dealkylation sites (tertiary alicyclic amines) is 1. The molecule has 32 heavy (non-hydrogen) atoms. The monoisotopic (exact) mass is 440 g/mol. The first-order valence-corrected chi connectivity index (χ1v) is 12.0. The molecule has 3 heterocycles. The number of amides is 2. The van der Waals surface area contributed by atoms with E-state index in [4.69, 9.17) is 10.5 Å². The molecule has 1 fully saturated rings. The van der Waals surface area contributed by atoms with Gasteiger partial charge in [-0.2, -0.15) is 0 Å². The lowest BCUT2D eigenvalue weighted by Gasteiger charge is -2.33. The lowest BCUT2D eigenvalue weighted by molar-refractivity contribution is -0.131. The molecule has 3 aliphatic rings. The van der Waals surface area contributed by atoms with Crippen LogP contribution in [0.25, 0.3) is 0 Å². The van der Waals surface area contributed by atoms with Gasteiger partial charge in [-0.3, -0.25) is 14.5 Å². The van der Waals surface area contributed by atoms with Crippen molar-refractivity contribution >= 4 is 17.8 Å². The van der Waals surface area contributed by atoms with Gasteiger partial charge in [0, 0.05) is 25.2 Å². The molecule has 7 heteroatoms. The van der Waals surface area contributed by atoms with E-state index >= 15 is 0 Å². The molecule has 2 N–H and O–H groups in total. The fourth-order valence-corrected chi connectivity index (χ4v) is 5.31. The topological polar surface area (TPSA) is 88.2 Å². The normalized spacial score (nSPS) is 23.9. The van der Waals surface area contributed by atoms with E-state index in [1.807, 2.05) is 30.0 Å². The van der Waals surface area contributed by atoms with Crippen molar-refractivity contribution in [3.63, 3.8) is 0 Å². The number of hydrogen-bond acceptors (Lipinski definition) is 5. The summed E-state index contributed by atoms with van der Waals surface area (Å²) in [6.45, 7) is 8.94. The summed E-state index contributed by atoms with van der Waals surface area (Å²) in [5.74, 6) is 2.25. The number of nitrogens with zero attached hydrogens (tertiary/aromatic N) is 3. The van der Waals surface area contributed by atoms with Gasteiger partial charge in [0.25, 0.3) is 11.8 Å². The molecule has 0 aromatic heterocycles. The van der Waals surface area contributed by atoms with Crippen LogP contribution in [0, 0.1) is 11.8 Å². The van der Waals surface area contributed by atoms with Gasteiger partial charge in [0.2, 0.25) is 0 Å². The highest BCUT2D eigenvalue weighted by atomic mass is 16.5. The second-order valence-corrected chi connectivity index (χ2v) is 10.1. The number of benzene rings is 1. The minimum atomic E-state index is -0.728. The molecule has 4 rings (SSSR count). The van der Waals surface area contributed by atoms with Crippen LogP contribution >= 0.6 is 0 Å². The van der Waals surface area contributed by atoms with E-state index in [1.165, 1.54) is 0 Å². The number of carbonyl (C=O) groups is 2. The van der Waals surface area contributed by atoms with Gasteiger partial charge in [0.15, 0.2) is 5.96 Å². The predicted octanol–water partition coefficient (Wildman–Crippen LogP) is 3.22. The van der Waals surface area contributed by atoms with Crippen molar-refractivity contribution in [2.24, 2.45) is 22.6 Å². The van der Waals surface area contributed by atoms with Crippen LogP contribution in [-0.4, -0.2) is 59.4 Å². The molecular formula is C25H36N4O3. The van der Waals surface area contributed by atoms with Crippen LogP contribution in [0.15, 0.2) is 23.2 Å². The maximum Gasteiger partial charge on any atom is 0.257 e.